The molecule has 5 nitrogen and oxygen atoms in total. The molecule has 128 valence electrons. The van der Waals surface area contributed by atoms with Gasteiger partial charge in [-0.15, -0.1) is 0 Å². The number of aromatic nitrogens is 2. The van der Waals surface area contributed by atoms with E-state index in [1.54, 1.807) is 7.11 Å². The smallest absolute Gasteiger partial charge is 0.118 e. The topological polar surface area (TPSA) is 50.5 Å². The molecule has 5 heteroatoms. The largest absolute Gasteiger partial charge is 0.497 e. The van der Waals surface area contributed by atoms with Crippen molar-refractivity contribution in [1.82, 2.24) is 14.7 Å². The quantitative estimate of drug-likeness (QED) is 0.885. The molecule has 1 aromatic heterocycles. The molecular formula is C19H25N3O2. The molecule has 0 aliphatic carbocycles. The van der Waals surface area contributed by atoms with Gasteiger partial charge >= 0.3 is 0 Å². The molecule has 1 aliphatic rings. The highest BCUT2D eigenvalue weighted by Crippen LogP contribution is 2.23. The van der Waals surface area contributed by atoms with Gasteiger partial charge in [0, 0.05) is 43.9 Å². The van der Waals surface area contributed by atoms with Crippen LogP contribution in [0.2, 0.25) is 0 Å². The Balaban J connectivity index is 1.63. The van der Waals surface area contributed by atoms with Crippen LogP contribution in [0.3, 0.4) is 0 Å². The van der Waals surface area contributed by atoms with Crippen molar-refractivity contribution in [1.29, 1.82) is 0 Å². The SMILES string of the molecule is CCn1nc(CO)c2c1CCN(CC=Cc1ccc(OC)cc1)C2. The van der Waals surface area contributed by atoms with Gasteiger partial charge in [-0.25, -0.2) is 0 Å². The van der Waals surface area contributed by atoms with Crippen molar-refractivity contribution in [2.75, 3.05) is 20.2 Å². The van der Waals surface area contributed by atoms with Crippen LogP contribution >= 0.6 is 0 Å². The maximum absolute atomic E-state index is 9.54. The minimum absolute atomic E-state index is 0.0187. The van der Waals surface area contributed by atoms with Gasteiger partial charge in [0.15, 0.2) is 0 Å². The summed E-state index contributed by atoms with van der Waals surface area (Å²) in [6, 6.07) is 8.05. The number of hydrogen-bond acceptors (Lipinski definition) is 4. The minimum Gasteiger partial charge on any atom is -0.497 e. The highest BCUT2D eigenvalue weighted by atomic mass is 16.5. The Hall–Kier alpha value is -2.11. The monoisotopic (exact) mass is 327 g/mol. The Morgan fingerprint density at radius 2 is 2.08 bits per heavy atom. The summed E-state index contributed by atoms with van der Waals surface area (Å²) in [5.41, 5.74) is 4.50. The summed E-state index contributed by atoms with van der Waals surface area (Å²) in [7, 11) is 1.68. The van der Waals surface area contributed by atoms with Crippen LogP contribution in [0.1, 0.15) is 29.4 Å². The first kappa shape index (κ1) is 16.7. The van der Waals surface area contributed by atoms with Crippen LogP contribution in [0.4, 0.5) is 0 Å². The van der Waals surface area contributed by atoms with Crippen molar-refractivity contribution in [3.05, 3.63) is 52.9 Å². The fourth-order valence-corrected chi connectivity index (χ4v) is 3.22. The van der Waals surface area contributed by atoms with Crippen molar-refractivity contribution in [3.8, 4) is 5.75 Å². The van der Waals surface area contributed by atoms with Gasteiger partial charge in [-0.3, -0.25) is 9.58 Å². The van der Waals surface area contributed by atoms with Crippen LogP contribution in [-0.2, 0) is 26.1 Å². The number of fused-ring (bicyclic) bond motifs is 1. The van der Waals surface area contributed by atoms with E-state index in [9.17, 15) is 5.11 Å². The summed E-state index contributed by atoms with van der Waals surface area (Å²) in [6.07, 6.45) is 5.32. The molecule has 3 rings (SSSR count). The number of nitrogens with zero attached hydrogens (tertiary/aromatic N) is 3. The number of ether oxygens (including phenoxy) is 1. The van der Waals surface area contributed by atoms with E-state index >= 15 is 0 Å². The fourth-order valence-electron chi connectivity index (χ4n) is 3.22. The molecule has 2 heterocycles. The predicted octanol–water partition coefficient (Wildman–Crippen LogP) is 2.48. The molecule has 1 aliphatic heterocycles. The molecular weight excluding hydrogens is 302 g/mol. The summed E-state index contributed by atoms with van der Waals surface area (Å²) in [5, 5.41) is 14.1. The van der Waals surface area contributed by atoms with E-state index in [4.69, 9.17) is 4.74 Å². The minimum atomic E-state index is 0.0187. The molecule has 0 spiro atoms. The van der Waals surface area contributed by atoms with Gasteiger partial charge in [0.1, 0.15) is 5.75 Å². The molecule has 0 bridgehead atoms. The summed E-state index contributed by atoms with van der Waals surface area (Å²) in [4.78, 5) is 2.39. The van der Waals surface area contributed by atoms with Crippen LogP contribution in [0.5, 0.6) is 5.75 Å². The van der Waals surface area contributed by atoms with Gasteiger partial charge in [-0.2, -0.15) is 5.10 Å². The van der Waals surface area contributed by atoms with Crippen molar-refractivity contribution < 1.29 is 9.84 Å². The molecule has 0 radical (unpaired) electrons. The normalized spacial score (nSPS) is 15.0. The van der Waals surface area contributed by atoms with Gasteiger partial charge in [0.2, 0.25) is 0 Å². The van der Waals surface area contributed by atoms with Crippen molar-refractivity contribution in [2.45, 2.75) is 33.0 Å². The maximum atomic E-state index is 9.54. The third kappa shape index (κ3) is 3.52. The van der Waals surface area contributed by atoms with E-state index in [1.165, 1.54) is 16.8 Å². The lowest BCUT2D eigenvalue weighted by Crippen LogP contribution is -2.31. The zero-order chi connectivity index (χ0) is 16.9. The van der Waals surface area contributed by atoms with Gasteiger partial charge < -0.3 is 9.84 Å². The lowest BCUT2D eigenvalue weighted by Gasteiger charge is -2.26. The molecule has 2 aromatic rings. The summed E-state index contributed by atoms with van der Waals surface area (Å²) < 4.78 is 7.21. The van der Waals surface area contributed by atoms with E-state index < -0.39 is 0 Å². The molecule has 1 N–H and O–H groups in total. The number of aliphatic hydroxyl groups excluding tert-OH is 1. The van der Waals surface area contributed by atoms with Gasteiger partial charge in [0.25, 0.3) is 0 Å². The second-order valence-electron chi connectivity index (χ2n) is 6.01. The summed E-state index contributed by atoms with van der Waals surface area (Å²) >= 11 is 0. The number of aliphatic hydroxyl groups is 1. The lowest BCUT2D eigenvalue weighted by atomic mass is 10.1. The van der Waals surface area contributed by atoms with Gasteiger partial charge in [0.05, 0.1) is 19.4 Å². The second-order valence-corrected chi connectivity index (χ2v) is 6.01. The van der Waals surface area contributed by atoms with Crippen LogP contribution in [0.15, 0.2) is 30.3 Å². The van der Waals surface area contributed by atoms with Crippen LogP contribution in [0.25, 0.3) is 6.08 Å². The summed E-state index contributed by atoms with van der Waals surface area (Å²) in [6.45, 7) is 5.76. The van der Waals surface area contributed by atoms with Crippen molar-refractivity contribution in [2.24, 2.45) is 0 Å². The molecule has 0 saturated heterocycles. The van der Waals surface area contributed by atoms with Crippen molar-refractivity contribution in [3.63, 3.8) is 0 Å². The lowest BCUT2D eigenvalue weighted by molar-refractivity contribution is 0.260. The number of rotatable bonds is 6. The molecule has 0 saturated carbocycles. The molecule has 0 amide bonds. The first-order valence-corrected chi connectivity index (χ1v) is 8.46. The number of benzene rings is 1. The Labute approximate surface area is 143 Å². The highest BCUT2D eigenvalue weighted by Gasteiger charge is 2.23. The first-order chi connectivity index (χ1) is 11.7. The van der Waals surface area contributed by atoms with E-state index in [0.717, 1.165) is 44.0 Å². The van der Waals surface area contributed by atoms with Crippen LogP contribution < -0.4 is 4.74 Å². The fraction of sp³-hybridized carbons (Fsp3) is 0.421. The summed E-state index contributed by atoms with van der Waals surface area (Å²) in [5.74, 6) is 0.875. The van der Waals surface area contributed by atoms with Crippen molar-refractivity contribution >= 4 is 6.08 Å². The molecule has 0 unspecified atom stereocenters. The zero-order valence-corrected chi connectivity index (χ0v) is 14.4. The maximum Gasteiger partial charge on any atom is 0.118 e. The first-order valence-electron chi connectivity index (χ1n) is 8.46. The molecule has 0 atom stereocenters. The number of hydrogen-bond donors (Lipinski definition) is 1. The van der Waals surface area contributed by atoms with Crippen LogP contribution in [-0.4, -0.2) is 40.0 Å². The Morgan fingerprint density at radius 1 is 1.29 bits per heavy atom. The van der Waals surface area contributed by atoms with Gasteiger partial charge in [-0.05, 0) is 24.6 Å². The van der Waals surface area contributed by atoms with E-state index in [-0.39, 0.29) is 6.61 Å². The molecule has 1 aromatic carbocycles. The average Bonchev–Trinajstić information content (AvgIpc) is 2.99. The number of methoxy groups -OCH3 is 1. The Morgan fingerprint density at radius 3 is 2.75 bits per heavy atom. The number of aryl methyl sites for hydroxylation is 1. The van der Waals surface area contributed by atoms with E-state index in [2.05, 4.69) is 41.2 Å². The second kappa shape index (κ2) is 7.64. The third-order valence-corrected chi connectivity index (χ3v) is 4.54. The molecule has 24 heavy (non-hydrogen) atoms. The third-order valence-electron chi connectivity index (χ3n) is 4.54. The molecule has 0 fully saturated rings. The van der Waals surface area contributed by atoms with Crippen LogP contribution in [0, 0.1) is 0 Å². The van der Waals surface area contributed by atoms with Gasteiger partial charge in [-0.1, -0.05) is 24.3 Å². The highest BCUT2D eigenvalue weighted by molar-refractivity contribution is 5.50. The predicted molar refractivity (Wildman–Crippen MR) is 94.8 cm³/mol. The standard InChI is InChI=1S/C19H25N3O2/c1-3-22-19-10-12-21(13-17(19)18(14-23)20-22)11-4-5-15-6-8-16(24-2)9-7-15/h4-9,23H,3,10-14H2,1-2H3. The average molecular weight is 327 g/mol. The van der Waals surface area contributed by atoms with E-state index in [1.807, 2.05) is 16.8 Å². The Kier molecular flexibility index (Phi) is 5.33. The Bertz CT molecular complexity index is 704. The zero-order valence-electron chi connectivity index (χ0n) is 14.4. The van der Waals surface area contributed by atoms with E-state index in [0.29, 0.717) is 0 Å².